The van der Waals surface area contributed by atoms with Crippen molar-refractivity contribution in [3.05, 3.63) is 36.0 Å². The zero-order valence-electron chi connectivity index (χ0n) is 13.9. The van der Waals surface area contributed by atoms with Gasteiger partial charge in [-0.3, -0.25) is 0 Å². The molecule has 2 aliphatic rings. The van der Waals surface area contributed by atoms with Gasteiger partial charge in [-0.15, -0.1) is 0 Å². The van der Waals surface area contributed by atoms with Crippen LogP contribution < -0.4 is 14.8 Å². The van der Waals surface area contributed by atoms with Crippen LogP contribution in [-0.2, 0) is 0 Å². The molecule has 0 spiro atoms. The first kappa shape index (κ1) is 11.1. The molecule has 1 aromatic carbocycles. The standard InChI is InChI=1S/C17H23NO2/c1-12-9-14(11-18-12)13-7-8-16(19-2)17(10-13)20-15-5-3-4-6-15/h7-8,10,14-15,18H,1,3-6,9,11H2,2H3/i9D2. The Morgan fingerprint density at radius 1 is 1.30 bits per heavy atom. The zero-order chi connectivity index (χ0) is 15.7. The highest BCUT2D eigenvalue weighted by molar-refractivity contribution is 5.45. The maximum absolute atomic E-state index is 8.21. The summed E-state index contributed by atoms with van der Waals surface area (Å²) in [5, 5.41) is 3.04. The van der Waals surface area contributed by atoms with Gasteiger partial charge in [0.25, 0.3) is 0 Å². The van der Waals surface area contributed by atoms with Gasteiger partial charge < -0.3 is 14.8 Å². The fraction of sp³-hybridized carbons (Fsp3) is 0.529. The van der Waals surface area contributed by atoms with Gasteiger partial charge in [0.15, 0.2) is 11.5 Å². The average molecular weight is 275 g/mol. The van der Waals surface area contributed by atoms with E-state index in [2.05, 4.69) is 11.9 Å². The number of methoxy groups -OCH3 is 1. The van der Waals surface area contributed by atoms with Gasteiger partial charge >= 0.3 is 0 Å². The molecule has 1 aromatic rings. The summed E-state index contributed by atoms with van der Waals surface area (Å²) >= 11 is 0. The average Bonchev–Trinajstić information content (AvgIpc) is 3.08. The van der Waals surface area contributed by atoms with Gasteiger partial charge in [0.1, 0.15) is 0 Å². The van der Waals surface area contributed by atoms with Crippen molar-refractivity contribution in [3.63, 3.8) is 0 Å². The summed E-state index contributed by atoms with van der Waals surface area (Å²) in [6.07, 6.45) is 3.38. The van der Waals surface area contributed by atoms with E-state index in [9.17, 15) is 0 Å². The lowest BCUT2D eigenvalue weighted by atomic mass is 9.97. The molecule has 1 aliphatic heterocycles. The molecule has 1 unspecified atom stereocenters. The van der Waals surface area contributed by atoms with Crippen molar-refractivity contribution in [1.29, 1.82) is 0 Å². The number of benzene rings is 1. The number of nitrogens with one attached hydrogen (secondary N) is 1. The predicted molar refractivity (Wildman–Crippen MR) is 80.4 cm³/mol. The lowest BCUT2D eigenvalue weighted by Gasteiger charge is -2.18. The van der Waals surface area contributed by atoms with Gasteiger partial charge in [-0.05, 0) is 49.8 Å². The monoisotopic (exact) mass is 275 g/mol. The van der Waals surface area contributed by atoms with Gasteiger partial charge in [0, 0.05) is 20.9 Å². The second kappa shape index (κ2) is 5.78. The van der Waals surface area contributed by atoms with Gasteiger partial charge in [0.2, 0.25) is 0 Å². The summed E-state index contributed by atoms with van der Waals surface area (Å²) < 4.78 is 27.9. The van der Waals surface area contributed by atoms with Crippen molar-refractivity contribution >= 4 is 0 Å². The summed E-state index contributed by atoms with van der Waals surface area (Å²) in [6.45, 7) is 4.34. The van der Waals surface area contributed by atoms with Crippen LogP contribution in [0, 0.1) is 0 Å². The van der Waals surface area contributed by atoms with Crippen LogP contribution in [0.5, 0.6) is 11.5 Å². The first-order valence-corrected chi connectivity index (χ1v) is 7.30. The molecule has 1 saturated heterocycles. The molecule has 0 aromatic heterocycles. The van der Waals surface area contributed by atoms with Crippen molar-refractivity contribution in [3.8, 4) is 11.5 Å². The second-order valence-corrected chi connectivity index (χ2v) is 5.49. The first-order valence-electron chi connectivity index (χ1n) is 8.30. The number of rotatable bonds is 4. The SMILES string of the molecule is [2H]C1([2H])C(=C)NCC1c1ccc(OC)c(OC2CCCC2)c1. The van der Waals surface area contributed by atoms with Crippen LogP contribution in [0.2, 0.25) is 0 Å². The number of ether oxygens (including phenoxy) is 2. The molecule has 1 N–H and O–H groups in total. The fourth-order valence-electron chi connectivity index (χ4n) is 2.93. The Morgan fingerprint density at radius 3 is 2.75 bits per heavy atom. The van der Waals surface area contributed by atoms with Crippen LogP contribution in [0.1, 0.15) is 46.3 Å². The molecule has 0 bridgehead atoms. The molecule has 1 heterocycles. The van der Waals surface area contributed by atoms with Crippen LogP contribution in [0.25, 0.3) is 0 Å². The van der Waals surface area contributed by atoms with E-state index in [-0.39, 0.29) is 12.0 Å². The summed E-state index contributed by atoms with van der Waals surface area (Å²) in [5.41, 5.74) is 1.37. The van der Waals surface area contributed by atoms with Crippen molar-refractivity contribution in [2.45, 2.75) is 44.1 Å². The number of hydrogen-bond donors (Lipinski definition) is 1. The number of hydrogen-bond acceptors (Lipinski definition) is 3. The molecule has 3 nitrogen and oxygen atoms in total. The van der Waals surface area contributed by atoms with E-state index in [1.807, 2.05) is 18.2 Å². The van der Waals surface area contributed by atoms with Crippen LogP contribution in [-0.4, -0.2) is 19.8 Å². The number of allylic oxidation sites excluding steroid dienone is 1. The van der Waals surface area contributed by atoms with E-state index in [4.69, 9.17) is 12.2 Å². The third-order valence-corrected chi connectivity index (χ3v) is 4.05. The normalized spacial score (nSPS) is 26.9. The Balaban J connectivity index is 1.88. The molecular formula is C17H23NO2. The van der Waals surface area contributed by atoms with Crippen molar-refractivity contribution in [2.24, 2.45) is 0 Å². The van der Waals surface area contributed by atoms with Crippen molar-refractivity contribution in [2.75, 3.05) is 13.7 Å². The van der Waals surface area contributed by atoms with E-state index in [0.717, 1.165) is 24.2 Å². The molecule has 0 amide bonds. The highest BCUT2D eigenvalue weighted by atomic mass is 16.5. The van der Waals surface area contributed by atoms with E-state index in [0.29, 0.717) is 18.0 Å². The lowest BCUT2D eigenvalue weighted by molar-refractivity contribution is 0.200. The lowest BCUT2D eigenvalue weighted by Crippen LogP contribution is -2.12. The minimum absolute atomic E-state index is 0.248. The highest BCUT2D eigenvalue weighted by Crippen LogP contribution is 2.36. The Bertz CT molecular complexity index is 568. The van der Waals surface area contributed by atoms with Crippen LogP contribution in [0.3, 0.4) is 0 Å². The van der Waals surface area contributed by atoms with E-state index >= 15 is 0 Å². The van der Waals surface area contributed by atoms with Gasteiger partial charge in [-0.25, -0.2) is 0 Å². The molecule has 1 atom stereocenters. The topological polar surface area (TPSA) is 30.5 Å². The highest BCUT2D eigenvalue weighted by Gasteiger charge is 2.22. The Morgan fingerprint density at radius 2 is 2.10 bits per heavy atom. The second-order valence-electron chi connectivity index (χ2n) is 5.49. The van der Waals surface area contributed by atoms with Crippen LogP contribution in [0.4, 0.5) is 0 Å². The van der Waals surface area contributed by atoms with Gasteiger partial charge in [0.05, 0.1) is 13.2 Å². The van der Waals surface area contributed by atoms with E-state index in [1.165, 1.54) is 12.8 Å². The van der Waals surface area contributed by atoms with E-state index in [1.54, 1.807) is 7.11 Å². The molecule has 0 radical (unpaired) electrons. The third kappa shape index (κ3) is 2.77. The van der Waals surface area contributed by atoms with Crippen molar-refractivity contribution in [1.82, 2.24) is 5.32 Å². The van der Waals surface area contributed by atoms with Gasteiger partial charge in [-0.2, -0.15) is 0 Å². The smallest absolute Gasteiger partial charge is 0.161 e. The minimum atomic E-state index is -1.45. The van der Waals surface area contributed by atoms with Crippen molar-refractivity contribution < 1.29 is 12.2 Å². The van der Waals surface area contributed by atoms with Crippen LogP contribution >= 0.6 is 0 Å². The third-order valence-electron chi connectivity index (χ3n) is 4.05. The van der Waals surface area contributed by atoms with Crippen LogP contribution in [0.15, 0.2) is 30.5 Å². The van der Waals surface area contributed by atoms with Gasteiger partial charge in [-0.1, -0.05) is 12.6 Å². The Hall–Kier alpha value is -1.64. The molecule has 1 aliphatic carbocycles. The fourth-order valence-corrected chi connectivity index (χ4v) is 2.93. The largest absolute Gasteiger partial charge is 0.493 e. The molecule has 1 saturated carbocycles. The molecule has 2 fully saturated rings. The summed E-state index contributed by atoms with van der Waals surface area (Å²) in [6, 6.07) is 5.72. The first-order chi connectivity index (χ1) is 10.5. The summed E-state index contributed by atoms with van der Waals surface area (Å²) in [5.74, 6) is 1.18. The maximum Gasteiger partial charge on any atom is 0.161 e. The Labute approximate surface area is 123 Å². The zero-order valence-corrected chi connectivity index (χ0v) is 11.9. The predicted octanol–water partition coefficient (Wildman–Crippen LogP) is 3.61. The quantitative estimate of drug-likeness (QED) is 0.910. The minimum Gasteiger partial charge on any atom is -0.493 e. The molecule has 3 heteroatoms. The summed E-state index contributed by atoms with van der Waals surface area (Å²) in [4.78, 5) is 0. The Kier molecular flexibility index (Phi) is 3.20. The molecule has 3 rings (SSSR count). The molecular weight excluding hydrogens is 250 g/mol. The molecule has 108 valence electrons. The maximum atomic E-state index is 8.21. The summed E-state index contributed by atoms with van der Waals surface area (Å²) in [7, 11) is 1.63. The molecule has 20 heavy (non-hydrogen) atoms. The van der Waals surface area contributed by atoms with E-state index < -0.39 is 6.37 Å².